The highest BCUT2D eigenvalue weighted by Gasteiger charge is 2.22. The fourth-order valence-electron chi connectivity index (χ4n) is 0.593. The number of nitrogens with zero attached hydrogens (tertiary/aromatic N) is 3. The van der Waals surface area contributed by atoms with Crippen LogP contribution >= 0.6 is 0 Å². The Morgan fingerprint density at radius 3 is 2.25 bits per heavy atom. The fourth-order valence-corrected chi connectivity index (χ4v) is 0.593. The zero-order valence-corrected chi connectivity index (χ0v) is 6.28. The largest absolute Gasteiger partial charge is 0.394 e. The van der Waals surface area contributed by atoms with Gasteiger partial charge in [0.2, 0.25) is 0 Å². The number of hydrogen-bond donors (Lipinski definition) is 4. The number of aliphatic hydroxyl groups excluding tert-OH is 4. The Morgan fingerprint density at radius 2 is 1.83 bits per heavy atom. The summed E-state index contributed by atoms with van der Waals surface area (Å²) in [5.74, 6) is 0. The summed E-state index contributed by atoms with van der Waals surface area (Å²) >= 11 is 0. The summed E-state index contributed by atoms with van der Waals surface area (Å²) < 4.78 is 0. The van der Waals surface area contributed by atoms with Crippen molar-refractivity contribution in [1.82, 2.24) is 0 Å². The van der Waals surface area contributed by atoms with Crippen LogP contribution in [0.1, 0.15) is 0 Å². The molecular formula is C5H11N3O4. The van der Waals surface area contributed by atoms with Crippen LogP contribution in [0.3, 0.4) is 0 Å². The molecule has 0 rings (SSSR count). The average molecular weight is 177 g/mol. The van der Waals surface area contributed by atoms with Crippen molar-refractivity contribution in [3.63, 3.8) is 0 Å². The zero-order valence-electron chi connectivity index (χ0n) is 6.28. The molecule has 0 saturated carbocycles. The lowest BCUT2D eigenvalue weighted by molar-refractivity contribution is -0.0726. The van der Waals surface area contributed by atoms with E-state index in [1.165, 1.54) is 0 Å². The first-order valence-corrected chi connectivity index (χ1v) is 3.29. The standard InChI is InChI=1S/C5H11N3O4/c6-8-7-1-3(10)5(12)4(11)2-9/h3-5,9-12H,1-2H2/t3-,4+,5-/m1/s1. The third kappa shape index (κ3) is 3.51. The summed E-state index contributed by atoms with van der Waals surface area (Å²) in [4.78, 5) is 2.35. The first-order valence-electron chi connectivity index (χ1n) is 3.29. The minimum atomic E-state index is -1.50. The summed E-state index contributed by atoms with van der Waals surface area (Å²) in [6, 6.07) is 0. The van der Waals surface area contributed by atoms with Gasteiger partial charge in [-0.1, -0.05) is 5.11 Å². The highest BCUT2D eigenvalue weighted by molar-refractivity contribution is 4.76. The second kappa shape index (κ2) is 5.76. The van der Waals surface area contributed by atoms with Gasteiger partial charge < -0.3 is 20.4 Å². The quantitative estimate of drug-likeness (QED) is 0.228. The lowest BCUT2D eigenvalue weighted by atomic mass is 10.1. The summed E-state index contributed by atoms with van der Waals surface area (Å²) in [6.07, 6.45) is -4.28. The van der Waals surface area contributed by atoms with Crippen LogP contribution in [-0.2, 0) is 0 Å². The first kappa shape index (κ1) is 11.2. The Balaban J connectivity index is 3.90. The van der Waals surface area contributed by atoms with E-state index in [1.807, 2.05) is 0 Å². The normalized spacial score (nSPS) is 17.7. The van der Waals surface area contributed by atoms with Crippen LogP contribution < -0.4 is 0 Å². The monoisotopic (exact) mass is 177 g/mol. The van der Waals surface area contributed by atoms with E-state index in [9.17, 15) is 0 Å². The van der Waals surface area contributed by atoms with E-state index in [0.717, 1.165) is 0 Å². The van der Waals surface area contributed by atoms with Gasteiger partial charge in [0.05, 0.1) is 19.3 Å². The molecule has 7 nitrogen and oxygen atoms in total. The van der Waals surface area contributed by atoms with Gasteiger partial charge >= 0.3 is 0 Å². The molecule has 0 aliphatic carbocycles. The molecule has 0 bridgehead atoms. The van der Waals surface area contributed by atoms with E-state index in [4.69, 9.17) is 26.0 Å². The van der Waals surface area contributed by atoms with Crippen molar-refractivity contribution >= 4 is 0 Å². The summed E-state index contributed by atoms with van der Waals surface area (Å²) in [7, 11) is 0. The maximum absolute atomic E-state index is 8.97. The zero-order chi connectivity index (χ0) is 9.56. The molecule has 0 spiro atoms. The molecule has 70 valence electrons. The smallest absolute Gasteiger partial charge is 0.108 e. The number of aliphatic hydroxyl groups is 4. The molecule has 0 amide bonds. The van der Waals surface area contributed by atoms with Gasteiger partial charge in [0.25, 0.3) is 0 Å². The van der Waals surface area contributed by atoms with Crippen molar-refractivity contribution in [3.05, 3.63) is 10.4 Å². The van der Waals surface area contributed by atoms with E-state index in [1.54, 1.807) is 0 Å². The molecule has 0 fully saturated rings. The van der Waals surface area contributed by atoms with Crippen molar-refractivity contribution < 1.29 is 20.4 Å². The molecule has 0 saturated heterocycles. The minimum Gasteiger partial charge on any atom is -0.394 e. The molecule has 0 aromatic rings. The molecule has 0 radical (unpaired) electrons. The molecule has 0 aliphatic heterocycles. The Bertz CT molecular complexity index is 170. The molecule has 0 aromatic carbocycles. The van der Waals surface area contributed by atoms with Gasteiger partial charge in [-0.2, -0.15) is 0 Å². The van der Waals surface area contributed by atoms with Crippen molar-refractivity contribution in [1.29, 1.82) is 0 Å². The Labute approximate surface area is 68.5 Å². The number of hydrogen-bond acceptors (Lipinski definition) is 5. The Kier molecular flexibility index (Phi) is 5.35. The van der Waals surface area contributed by atoms with E-state index < -0.39 is 24.9 Å². The highest BCUT2D eigenvalue weighted by atomic mass is 16.4. The molecule has 12 heavy (non-hydrogen) atoms. The van der Waals surface area contributed by atoms with Crippen LogP contribution in [-0.4, -0.2) is 51.9 Å². The summed E-state index contributed by atoms with van der Waals surface area (Å²) in [5, 5.41) is 38.1. The van der Waals surface area contributed by atoms with E-state index in [0.29, 0.717) is 0 Å². The number of rotatable bonds is 5. The van der Waals surface area contributed by atoms with Gasteiger partial charge in [0, 0.05) is 4.91 Å². The van der Waals surface area contributed by atoms with Gasteiger partial charge in [0.1, 0.15) is 12.2 Å². The molecule has 0 aromatic heterocycles. The molecular weight excluding hydrogens is 166 g/mol. The lowest BCUT2D eigenvalue weighted by Gasteiger charge is -2.19. The molecule has 7 heteroatoms. The molecule has 3 atom stereocenters. The topological polar surface area (TPSA) is 130 Å². The van der Waals surface area contributed by atoms with Gasteiger partial charge in [-0.05, 0) is 5.53 Å². The predicted molar refractivity (Wildman–Crippen MR) is 39.1 cm³/mol. The van der Waals surface area contributed by atoms with Gasteiger partial charge in [-0.25, -0.2) is 0 Å². The maximum atomic E-state index is 8.97. The maximum Gasteiger partial charge on any atom is 0.108 e. The van der Waals surface area contributed by atoms with Crippen molar-refractivity contribution in [2.45, 2.75) is 18.3 Å². The average Bonchev–Trinajstić information content (AvgIpc) is 2.11. The van der Waals surface area contributed by atoms with E-state index in [2.05, 4.69) is 10.0 Å². The third-order valence-electron chi connectivity index (χ3n) is 1.31. The number of azide groups is 1. The lowest BCUT2D eigenvalue weighted by Crippen LogP contribution is -2.40. The summed E-state index contributed by atoms with van der Waals surface area (Å²) in [6.45, 7) is -0.997. The minimum absolute atomic E-state index is 0.339. The van der Waals surface area contributed by atoms with Crippen LogP contribution in [0.25, 0.3) is 10.4 Å². The van der Waals surface area contributed by atoms with Crippen LogP contribution in [0.4, 0.5) is 0 Å². The first-order chi connectivity index (χ1) is 5.63. The molecule has 0 unspecified atom stereocenters. The van der Waals surface area contributed by atoms with E-state index in [-0.39, 0.29) is 6.54 Å². The highest BCUT2D eigenvalue weighted by Crippen LogP contribution is 2.00. The SMILES string of the molecule is [N-]=[N+]=NC[C@@H](O)[C@@H](O)[C@@H](O)CO. The summed E-state index contributed by atoms with van der Waals surface area (Å²) in [5.41, 5.74) is 7.85. The van der Waals surface area contributed by atoms with Crippen molar-refractivity contribution in [2.75, 3.05) is 13.2 Å². The molecule has 0 heterocycles. The van der Waals surface area contributed by atoms with Crippen LogP contribution in [0.2, 0.25) is 0 Å². The van der Waals surface area contributed by atoms with E-state index >= 15 is 0 Å². The van der Waals surface area contributed by atoms with Crippen LogP contribution in [0.5, 0.6) is 0 Å². The van der Waals surface area contributed by atoms with Crippen molar-refractivity contribution in [2.24, 2.45) is 5.11 Å². The second-order valence-electron chi connectivity index (χ2n) is 2.22. The van der Waals surface area contributed by atoms with Gasteiger partial charge in [-0.15, -0.1) is 0 Å². The Morgan fingerprint density at radius 1 is 1.25 bits per heavy atom. The van der Waals surface area contributed by atoms with Crippen LogP contribution in [0.15, 0.2) is 5.11 Å². The second-order valence-corrected chi connectivity index (χ2v) is 2.22. The fraction of sp³-hybridized carbons (Fsp3) is 1.00. The predicted octanol–water partition coefficient (Wildman–Crippen LogP) is -1.63. The van der Waals surface area contributed by atoms with Crippen LogP contribution in [0, 0.1) is 0 Å². The van der Waals surface area contributed by atoms with Gasteiger partial charge in [-0.3, -0.25) is 0 Å². The third-order valence-corrected chi connectivity index (χ3v) is 1.31. The van der Waals surface area contributed by atoms with Crippen molar-refractivity contribution in [3.8, 4) is 0 Å². The molecule has 0 aliphatic rings. The molecule has 4 N–H and O–H groups in total. The van der Waals surface area contributed by atoms with Gasteiger partial charge in [0.15, 0.2) is 0 Å². The Hall–Kier alpha value is -0.850.